The quantitative estimate of drug-likeness (QED) is 0.356. The normalized spacial score (nSPS) is 14.7. The third-order valence-electron chi connectivity index (χ3n) is 5.76. The van der Waals surface area contributed by atoms with Crippen molar-refractivity contribution < 1.29 is 26.0 Å². The lowest BCUT2D eigenvalue weighted by Gasteiger charge is -2.25. The first-order valence-corrected chi connectivity index (χ1v) is 13.1. The maximum absolute atomic E-state index is 13.7. The van der Waals surface area contributed by atoms with Crippen LogP contribution in [-0.4, -0.2) is 48.9 Å². The van der Waals surface area contributed by atoms with E-state index < -0.39 is 28.2 Å². The summed E-state index contributed by atoms with van der Waals surface area (Å²) in [6.07, 6.45) is -0.162. The number of sulfonamides is 1. The second-order valence-corrected chi connectivity index (χ2v) is 10.7. The lowest BCUT2D eigenvalue weighted by Crippen LogP contribution is -2.34. The van der Waals surface area contributed by atoms with E-state index in [0.29, 0.717) is 24.1 Å². The van der Waals surface area contributed by atoms with Crippen LogP contribution in [0.25, 0.3) is 11.5 Å². The summed E-state index contributed by atoms with van der Waals surface area (Å²) in [7, 11) is -3.76. The molecular formula is C23H24ClF3N4O3S. The highest BCUT2D eigenvalue weighted by atomic mass is 35.5. The van der Waals surface area contributed by atoms with Crippen LogP contribution in [0.3, 0.4) is 0 Å². The molecule has 4 rings (SSSR count). The Morgan fingerprint density at radius 1 is 1.09 bits per heavy atom. The molecule has 1 saturated heterocycles. The van der Waals surface area contributed by atoms with Crippen molar-refractivity contribution in [2.45, 2.75) is 32.2 Å². The van der Waals surface area contributed by atoms with Crippen LogP contribution in [0.1, 0.15) is 37.1 Å². The minimum atomic E-state index is -3.76. The van der Waals surface area contributed by atoms with Crippen LogP contribution in [0.2, 0.25) is 5.02 Å². The first kappa shape index (κ1) is 25.5. The Labute approximate surface area is 206 Å². The molecule has 0 unspecified atom stereocenters. The van der Waals surface area contributed by atoms with E-state index in [0.717, 1.165) is 32.0 Å². The van der Waals surface area contributed by atoms with Gasteiger partial charge in [-0.2, -0.15) is 8.78 Å². The molecular weight excluding hydrogens is 505 g/mol. The van der Waals surface area contributed by atoms with E-state index in [2.05, 4.69) is 15.1 Å². The van der Waals surface area contributed by atoms with Gasteiger partial charge in [0, 0.05) is 5.56 Å². The average Bonchev–Trinajstić information content (AvgIpc) is 3.52. The Kier molecular flexibility index (Phi) is 7.98. The number of likely N-dealkylation sites (tertiary alicyclic amines) is 1. The van der Waals surface area contributed by atoms with Gasteiger partial charge in [-0.15, -0.1) is 10.2 Å². The monoisotopic (exact) mass is 528 g/mol. The zero-order valence-electron chi connectivity index (χ0n) is 18.7. The van der Waals surface area contributed by atoms with Gasteiger partial charge in [0.15, 0.2) is 0 Å². The molecule has 0 atom stereocenters. The van der Waals surface area contributed by atoms with Crippen LogP contribution in [-0.2, 0) is 16.6 Å². The van der Waals surface area contributed by atoms with Gasteiger partial charge in [0.25, 0.3) is 5.89 Å². The first-order chi connectivity index (χ1) is 16.7. The van der Waals surface area contributed by atoms with E-state index in [1.807, 2.05) is 0 Å². The number of hydrogen-bond acceptors (Lipinski definition) is 6. The second kappa shape index (κ2) is 11.0. The fraction of sp³-hybridized carbons (Fsp3) is 0.391. The van der Waals surface area contributed by atoms with E-state index >= 15 is 0 Å². The summed E-state index contributed by atoms with van der Waals surface area (Å²) >= 11 is 5.93. The number of benzene rings is 2. The lowest BCUT2D eigenvalue weighted by molar-refractivity contribution is 0.116. The highest BCUT2D eigenvalue weighted by molar-refractivity contribution is 7.92. The fourth-order valence-corrected chi connectivity index (χ4v) is 5.60. The number of anilines is 1. The molecule has 0 saturated carbocycles. The Morgan fingerprint density at radius 2 is 1.80 bits per heavy atom. The van der Waals surface area contributed by atoms with Crippen molar-refractivity contribution in [3.63, 3.8) is 0 Å². The summed E-state index contributed by atoms with van der Waals surface area (Å²) < 4.78 is 72.0. The fourth-order valence-electron chi connectivity index (χ4n) is 3.94. The van der Waals surface area contributed by atoms with E-state index in [9.17, 15) is 21.6 Å². The summed E-state index contributed by atoms with van der Waals surface area (Å²) in [5.74, 6) is -1.56. The number of rotatable bonds is 10. The van der Waals surface area contributed by atoms with Gasteiger partial charge < -0.3 is 9.32 Å². The van der Waals surface area contributed by atoms with Crippen molar-refractivity contribution >= 4 is 27.3 Å². The zero-order valence-corrected chi connectivity index (χ0v) is 20.3. The molecule has 12 heteroatoms. The maximum Gasteiger partial charge on any atom is 0.314 e. The highest BCUT2D eigenvalue weighted by Crippen LogP contribution is 2.28. The van der Waals surface area contributed by atoms with Crippen LogP contribution in [0.15, 0.2) is 46.9 Å². The third-order valence-corrected chi connectivity index (χ3v) is 7.86. The van der Waals surface area contributed by atoms with Crippen molar-refractivity contribution in [1.29, 1.82) is 0 Å². The zero-order chi connectivity index (χ0) is 25.0. The largest absolute Gasteiger partial charge is 0.415 e. The van der Waals surface area contributed by atoms with Gasteiger partial charge in [0.05, 0.1) is 23.0 Å². The van der Waals surface area contributed by atoms with Crippen LogP contribution in [0.4, 0.5) is 18.9 Å². The van der Waals surface area contributed by atoms with Crippen molar-refractivity contribution in [2.75, 3.05) is 29.7 Å². The summed E-state index contributed by atoms with van der Waals surface area (Å²) in [6, 6.07) is 10.2. The van der Waals surface area contributed by atoms with Crippen molar-refractivity contribution in [3.8, 4) is 11.5 Å². The van der Waals surface area contributed by atoms with E-state index in [4.69, 9.17) is 16.0 Å². The van der Waals surface area contributed by atoms with Gasteiger partial charge in [-0.25, -0.2) is 12.8 Å². The molecule has 7 nitrogen and oxygen atoms in total. The molecule has 2 aromatic carbocycles. The standard InChI is InChI=1S/C23H24ClF3N4O3S/c24-19-14-18(8-9-20(19)25)31(35(32,33)13-3-12-30-10-1-2-11-30)15-16-4-6-17(7-5-16)22-28-29-23(34-22)21(26)27/h4-9,14,21H,1-3,10-13,15H2. The summed E-state index contributed by atoms with van der Waals surface area (Å²) in [4.78, 5) is 2.24. The van der Waals surface area contributed by atoms with Gasteiger partial charge in [-0.1, -0.05) is 23.7 Å². The molecule has 3 aromatic rings. The molecule has 188 valence electrons. The SMILES string of the molecule is O=S(=O)(CCCN1CCCC1)N(Cc1ccc(-c2nnc(C(F)F)o2)cc1)c1ccc(F)c(Cl)c1. The molecule has 2 heterocycles. The molecule has 0 amide bonds. The summed E-state index contributed by atoms with van der Waals surface area (Å²) in [5, 5.41) is 6.74. The van der Waals surface area contributed by atoms with Crippen molar-refractivity contribution in [2.24, 2.45) is 0 Å². The second-order valence-electron chi connectivity index (χ2n) is 8.27. The Bertz CT molecular complexity index is 1250. The molecule has 1 aliphatic rings. The van der Waals surface area contributed by atoms with Crippen LogP contribution >= 0.6 is 11.6 Å². The van der Waals surface area contributed by atoms with Gasteiger partial charge in [-0.3, -0.25) is 4.31 Å². The highest BCUT2D eigenvalue weighted by Gasteiger charge is 2.25. The number of alkyl halides is 2. The smallest absolute Gasteiger partial charge is 0.314 e. The van der Waals surface area contributed by atoms with Crippen LogP contribution < -0.4 is 4.31 Å². The van der Waals surface area contributed by atoms with Gasteiger partial charge in [0.1, 0.15) is 5.82 Å². The van der Waals surface area contributed by atoms with Gasteiger partial charge in [-0.05, 0) is 74.8 Å². The molecule has 0 radical (unpaired) electrons. The van der Waals surface area contributed by atoms with Gasteiger partial charge >= 0.3 is 6.43 Å². The average molecular weight is 529 g/mol. The van der Waals surface area contributed by atoms with Crippen molar-refractivity contribution in [3.05, 3.63) is 64.8 Å². The number of hydrogen-bond donors (Lipinski definition) is 0. The van der Waals surface area contributed by atoms with E-state index in [1.54, 1.807) is 24.3 Å². The number of aromatic nitrogens is 2. The summed E-state index contributed by atoms with van der Waals surface area (Å²) in [6.45, 7) is 2.61. The lowest BCUT2D eigenvalue weighted by atomic mass is 10.1. The van der Waals surface area contributed by atoms with E-state index in [1.165, 1.54) is 16.4 Å². The van der Waals surface area contributed by atoms with Crippen LogP contribution in [0, 0.1) is 5.82 Å². The van der Waals surface area contributed by atoms with Crippen LogP contribution in [0.5, 0.6) is 0 Å². The minimum Gasteiger partial charge on any atom is -0.415 e. The number of nitrogens with zero attached hydrogens (tertiary/aromatic N) is 4. The molecule has 1 fully saturated rings. The topological polar surface area (TPSA) is 79.5 Å². The van der Waals surface area contributed by atoms with E-state index in [-0.39, 0.29) is 28.9 Å². The van der Waals surface area contributed by atoms with Crippen molar-refractivity contribution in [1.82, 2.24) is 15.1 Å². The molecule has 35 heavy (non-hydrogen) atoms. The molecule has 1 aliphatic heterocycles. The predicted octanol–water partition coefficient (Wildman–Crippen LogP) is 5.29. The molecule has 0 N–H and O–H groups in total. The predicted molar refractivity (Wildman–Crippen MR) is 126 cm³/mol. The van der Waals surface area contributed by atoms with Gasteiger partial charge in [0.2, 0.25) is 15.9 Å². The molecule has 0 spiro atoms. The Balaban J connectivity index is 1.54. The molecule has 1 aromatic heterocycles. The third kappa shape index (κ3) is 6.33. The molecule has 0 bridgehead atoms. The first-order valence-electron chi connectivity index (χ1n) is 11.1. The Morgan fingerprint density at radius 3 is 2.43 bits per heavy atom. The number of halogens is 4. The summed E-state index contributed by atoms with van der Waals surface area (Å²) in [5.41, 5.74) is 1.28. The Hall–Kier alpha value is -2.63. The maximum atomic E-state index is 13.7. The molecule has 0 aliphatic carbocycles. The minimum absolute atomic E-state index is 0.0274.